The van der Waals surface area contributed by atoms with Crippen molar-refractivity contribution in [1.82, 2.24) is 9.97 Å². The van der Waals surface area contributed by atoms with Crippen molar-refractivity contribution in [2.45, 2.75) is 6.42 Å². The van der Waals surface area contributed by atoms with Gasteiger partial charge in [-0.05, 0) is 18.4 Å². The van der Waals surface area contributed by atoms with E-state index in [0.29, 0.717) is 5.82 Å². The molecule has 0 aliphatic heterocycles. The highest BCUT2D eigenvalue weighted by Crippen LogP contribution is 1.98. The molecule has 0 atom stereocenters. The fraction of sp³-hybridized carbons (Fsp3) is 0.500. The molecular weight excluding hydrogens is 186 g/mol. The second-order valence-corrected chi connectivity index (χ2v) is 3.56. The summed E-state index contributed by atoms with van der Waals surface area (Å²) in [6.07, 6.45) is 4.56. The molecule has 0 fully saturated rings. The first kappa shape index (κ1) is 10.1. The topological polar surface area (TPSA) is 57.8 Å². The summed E-state index contributed by atoms with van der Waals surface area (Å²) in [5.41, 5.74) is -0.123. The highest BCUT2D eigenvalue weighted by Gasteiger charge is 1.92. The number of H-pyrrole nitrogens is 1. The van der Waals surface area contributed by atoms with Crippen molar-refractivity contribution in [3.05, 3.63) is 22.7 Å². The summed E-state index contributed by atoms with van der Waals surface area (Å²) in [6, 6.07) is 1.46. The summed E-state index contributed by atoms with van der Waals surface area (Å²) in [5.74, 6) is 1.76. The highest BCUT2D eigenvalue weighted by atomic mass is 32.2. The molecular formula is C8H13N3OS. The Kier molecular flexibility index (Phi) is 4.39. The summed E-state index contributed by atoms with van der Waals surface area (Å²) in [4.78, 5) is 17.3. The van der Waals surface area contributed by atoms with Gasteiger partial charge < -0.3 is 10.3 Å². The van der Waals surface area contributed by atoms with Crippen LogP contribution in [0.1, 0.15) is 6.42 Å². The van der Waals surface area contributed by atoms with Crippen LogP contribution in [0.25, 0.3) is 0 Å². The fourth-order valence-corrected chi connectivity index (χ4v) is 1.33. The number of nitrogens with zero attached hydrogens (tertiary/aromatic N) is 1. The third-order valence-electron chi connectivity index (χ3n) is 1.51. The zero-order valence-corrected chi connectivity index (χ0v) is 8.36. The van der Waals surface area contributed by atoms with Crippen molar-refractivity contribution in [2.24, 2.45) is 0 Å². The van der Waals surface area contributed by atoms with Crippen LogP contribution in [0.15, 0.2) is 17.2 Å². The maximum Gasteiger partial charge on any atom is 0.252 e. The van der Waals surface area contributed by atoms with E-state index in [1.54, 1.807) is 0 Å². The lowest BCUT2D eigenvalue weighted by Gasteiger charge is -2.02. The van der Waals surface area contributed by atoms with Crippen molar-refractivity contribution in [2.75, 3.05) is 23.9 Å². The Hall–Kier alpha value is -0.970. The van der Waals surface area contributed by atoms with E-state index in [4.69, 9.17) is 0 Å². The largest absolute Gasteiger partial charge is 0.370 e. The molecule has 4 nitrogen and oxygen atoms in total. The molecule has 0 aliphatic rings. The van der Waals surface area contributed by atoms with Gasteiger partial charge in [0.15, 0.2) is 0 Å². The van der Waals surface area contributed by atoms with Gasteiger partial charge in [0, 0.05) is 12.6 Å². The van der Waals surface area contributed by atoms with Gasteiger partial charge in [-0.15, -0.1) is 0 Å². The average Bonchev–Trinajstić information content (AvgIpc) is 2.13. The quantitative estimate of drug-likeness (QED) is 0.693. The molecule has 0 aliphatic carbocycles. The van der Waals surface area contributed by atoms with Crippen molar-refractivity contribution in [1.29, 1.82) is 0 Å². The molecule has 5 heteroatoms. The van der Waals surface area contributed by atoms with Gasteiger partial charge in [0.05, 0.1) is 6.33 Å². The fourth-order valence-electron chi connectivity index (χ4n) is 0.898. The standard InChI is InChI=1S/C8H13N3OS/c1-13-4-2-3-9-7-5-8(12)11-6-10-7/h5-6H,2-4H2,1H3,(H2,9,10,11,12). The Morgan fingerprint density at radius 2 is 2.54 bits per heavy atom. The van der Waals surface area contributed by atoms with Crippen LogP contribution < -0.4 is 10.9 Å². The minimum absolute atomic E-state index is 0.123. The van der Waals surface area contributed by atoms with Gasteiger partial charge in [0.25, 0.3) is 5.56 Å². The van der Waals surface area contributed by atoms with Crippen molar-refractivity contribution < 1.29 is 0 Å². The van der Waals surface area contributed by atoms with Crippen LogP contribution in [0.4, 0.5) is 5.82 Å². The molecule has 0 radical (unpaired) electrons. The zero-order valence-electron chi connectivity index (χ0n) is 7.54. The zero-order chi connectivity index (χ0) is 9.52. The molecule has 1 heterocycles. The van der Waals surface area contributed by atoms with Gasteiger partial charge in [-0.3, -0.25) is 4.79 Å². The van der Waals surface area contributed by atoms with Crippen LogP contribution in [0, 0.1) is 0 Å². The normalized spacial score (nSPS) is 9.92. The molecule has 72 valence electrons. The van der Waals surface area contributed by atoms with E-state index in [-0.39, 0.29) is 5.56 Å². The van der Waals surface area contributed by atoms with Gasteiger partial charge in [-0.25, -0.2) is 4.98 Å². The number of hydrogen-bond acceptors (Lipinski definition) is 4. The second-order valence-electron chi connectivity index (χ2n) is 2.57. The van der Waals surface area contributed by atoms with Crippen LogP contribution in [0.3, 0.4) is 0 Å². The van der Waals surface area contributed by atoms with E-state index in [0.717, 1.165) is 18.7 Å². The maximum absolute atomic E-state index is 10.8. The molecule has 1 aromatic heterocycles. The van der Waals surface area contributed by atoms with E-state index in [9.17, 15) is 4.79 Å². The lowest BCUT2D eigenvalue weighted by atomic mass is 10.4. The monoisotopic (exact) mass is 199 g/mol. The first-order chi connectivity index (χ1) is 6.33. The number of hydrogen-bond donors (Lipinski definition) is 2. The first-order valence-corrected chi connectivity index (χ1v) is 5.50. The van der Waals surface area contributed by atoms with Gasteiger partial charge in [-0.2, -0.15) is 11.8 Å². The van der Waals surface area contributed by atoms with Gasteiger partial charge in [-0.1, -0.05) is 0 Å². The van der Waals surface area contributed by atoms with Gasteiger partial charge in [0.1, 0.15) is 5.82 Å². The average molecular weight is 199 g/mol. The molecule has 1 aromatic rings. The highest BCUT2D eigenvalue weighted by molar-refractivity contribution is 7.98. The van der Waals surface area contributed by atoms with E-state index < -0.39 is 0 Å². The van der Waals surface area contributed by atoms with Gasteiger partial charge >= 0.3 is 0 Å². The van der Waals surface area contributed by atoms with E-state index in [1.165, 1.54) is 12.4 Å². The minimum atomic E-state index is -0.123. The lowest BCUT2D eigenvalue weighted by Crippen LogP contribution is -2.10. The Labute approximate surface area is 81.2 Å². The Morgan fingerprint density at radius 1 is 1.69 bits per heavy atom. The van der Waals surface area contributed by atoms with Gasteiger partial charge in [0.2, 0.25) is 0 Å². The number of thioether (sulfide) groups is 1. The smallest absolute Gasteiger partial charge is 0.252 e. The van der Waals surface area contributed by atoms with E-state index in [2.05, 4.69) is 21.5 Å². The molecule has 0 amide bonds. The SMILES string of the molecule is CSCCCNc1cc(=O)[nH]cn1. The molecule has 0 saturated carbocycles. The molecule has 0 spiro atoms. The summed E-state index contributed by atoms with van der Waals surface area (Å²) < 4.78 is 0. The van der Waals surface area contributed by atoms with Crippen LogP contribution in [0.2, 0.25) is 0 Å². The number of aromatic amines is 1. The number of rotatable bonds is 5. The second kappa shape index (κ2) is 5.64. The Balaban J connectivity index is 2.33. The van der Waals surface area contributed by atoms with Crippen LogP contribution in [-0.2, 0) is 0 Å². The maximum atomic E-state index is 10.8. The van der Waals surface area contributed by atoms with Crippen LogP contribution in [0.5, 0.6) is 0 Å². The third-order valence-corrected chi connectivity index (χ3v) is 2.21. The molecule has 0 bridgehead atoms. The predicted octanol–water partition coefficient (Wildman–Crippen LogP) is 0.935. The van der Waals surface area contributed by atoms with Crippen molar-refractivity contribution in [3.63, 3.8) is 0 Å². The lowest BCUT2D eigenvalue weighted by molar-refractivity contribution is 0.973. The van der Waals surface area contributed by atoms with E-state index in [1.807, 2.05) is 11.8 Å². The molecule has 0 saturated heterocycles. The summed E-state index contributed by atoms with van der Waals surface area (Å²) in [5, 5.41) is 3.08. The van der Waals surface area contributed by atoms with Crippen LogP contribution in [-0.4, -0.2) is 28.5 Å². The summed E-state index contributed by atoms with van der Waals surface area (Å²) in [6.45, 7) is 0.858. The molecule has 0 unspecified atom stereocenters. The number of nitrogens with one attached hydrogen (secondary N) is 2. The molecule has 1 rings (SSSR count). The Morgan fingerprint density at radius 3 is 3.23 bits per heavy atom. The van der Waals surface area contributed by atoms with E-state index >= 15 is 0 Å². The minimum Gasteiger partial charge on any atom is -0.370 e. The molecule has 2 N–H and O–H groups in total. The molecule has 13 heavy (non-hydrogen) atoms. The first-order valence-electron chi connectivity index (χ1n) is 4.10. The summed E-state index contributed by atoms with van der Waals surface area (Å²) >= 11 is 1.81. The predicted molar refractivity (Wildman–Crippen MR) is 56.3 cm³/mol. The number of anilines is 1. The summed E-state index contributed by atoms with van der Waals surface area (Å²) in [7, 11) is 0. The van der Waals surface area contributed by atoms with Crippen molar-refractivity contribution in [3.8, 4) is 0 Å². The molecule has 0 aromatic carbocycles. The third kappa shape index (κ3) is 3.98. The number of aromatic nitrogens is 2. The van der Waals surface area contributed by atoms with Crippen LogP contribution >= 0.6 is 11.8 Å². The Bertz CT molecular complexity index is 299. The van der Waals surface area contributed by atoms with Crippen molar-refractivity contribution >= 4 is 17.6 Å².